The van der Waals surface area contributed by atoms with Crippen LogP contribution in [0.25, 0.3) is 0 Å². The van der Waals surface area contributed by atoms with Crippen LogP contribution in [0.3, 0.4) is 0 Å². The van der Waals surface area contributed by atoms with E-state index in [4.69, 9.17) is 17.3 Å². The largest absolute Gasteiger partial charge is 0.398 e. The van der Waals surface area contributed by atoms with Gasteiger partial charge in [0.25, 0.3) is 0 Å². The first-order valence-electron chi connectivity index (χ1n) is 4.61. The highest BCUT2D eigenvalue weighted by Crippen LogP contribution is 2.22. The Morgan fingerprint density at radius 1 is 1.60 bits per heavy atom. The summed E-state index contributed by atoms with van der Waals surface area (Å²) in [6.07, 6.45) is 0. The fourth-order valence-corrected chi connectivity index (χ4v) is 1.15. The van der Waals surface area contributed by atoms with Crippen LogP contribution in [0.15, 0.2) is 18.2 Å². The number of nitrogen functional groups attached to an aromatic ring is 1. The third kappa shape index (κ3) is 3.02. The molecule has 15 heavy (non-hydrogen) atoms. The number of benzene rings is 1. The van der Waals surface area contributed by atoms with Gasteiger partial charge in [-0.15, -0.1) is 0 Å². The summed E-state index contributed by atoms with van der Waals surface area (Å²) >= 11 is 5.82. The monoisotopic (exact) mass is 227 g/mol. The van der Waals surface area contributed by atoms with E-state index < -0.39 is 0 Å². The second-order valence-corrected chi connectivity index (χ2v) is 3.59. The molecule has 5 heteroatoms. The van der Waals surface area contributed by atoms with Gasteiger partial charge in [-0.05, 0) is 25.1 Å². The summed E-state index contributed by atoms with van der Waals surface area (Å²) in [4.78, 5) is 13.0. The normalized spacial score (nSPS) is 9.80. The lowest BCUT2D eigenvalue weighted by molar-refractivity contribution is 0.224. The molecule has 0 saturated carbocycles. The lowest BCUT2D eigenvalue weighted by Gasteiger charge is -2.15. The van der Waals surface area contributed by atoms with E-state index in [1.54, 1.807) is 30.1 Å². The molecule has 0 radical (unpaired) electrons. The number of halogens is 1. The molecular formula is C10H14ClN3O. The number of carbonyl (C=O) groups is 1. The lowest BCUT2D eigenvalue weighted by Crippen LogP contribution is -2.30. The minimum atomic E-state index is -0.168. The number of urea groups is 1. The zero-order chi connectivity index (χ0) is 11.4. The highest BCUT2D eigenvalue weighted by molar-refractivity contribution is 6.33. The van der Waals surface area contributed by atoms with Gasteiger partial charge in [-0.2, -0.15) is 0 Å². The molecule has 1 rings (SSSR count). The Bertz CT molecular complexity index is 368. The summed E-state index contributed by atoms with van der Waals surface area (Å²) in [5, 5.41) is 3.14. The predicted octanol–water partition coefficient (Wildman–Crippen LogP) is 2.41. The Labute approximate surface area is 94.0 Å². The number of nitrogens with one attached hydrogen (secondary N) is 1. The number of hydrogen-bond donors (Lipinski definition) is 2. The minimum Gasteiger partial charge on any atom is -0.398 e. The van der Waals surface area contributed by atoms with Gasteiger partial charge >= 0.3 is 6.03 Å². The Morgan fingerprint density at radius 3 is 2.80 bits per heavy atom. The molecule has 2 amide bonds. The van der Waals surface area contributed by atoms with Crippen LogP contribution in [0.2, 0.25) is 5.02 Å². The Hall–Kier alpha value is -1.42. The van der Waals surface area contributed by atoms with Gasteiger partial charge in [-0.1, -0.05) is 11.6 Å². The molecule has 0 aliphatic rings. The van der Waals surface area contributed by atoms with E-state index in [-0.39, 0.29) is 6.03 Å². The van der Waals surface area contributed by atoms with E-state index in [2.05, 4.69) is 5.32 Å². The van der Waals surface area contributed by atoms with Gasteiger partial charge in [0.15, 0.2) is 0 Å². The Balaban J connectivity index is 2.73. The summed E-state index contributed by atoms with van der Waals surface area (Å²) in [5.41, 5.74) is 6.69. The van der Waals surface area contributed by atoms with Crippen molar-refractivity contribution in [3.63, 3.8) is 0 Å². The molecule has 0 spiro atoms. The van der Waals surface area contributed by atoms with Crippen LogP contribution in [0.5, 0.6) is 0 Å². The van der Waals surface area contributed by atoms with Crippen LogP contribution in [-0.2, 0) is 0 Å². The van der Waals surface area contributed by atoms with E-state index in [0.29, 0.717) is 22.9 Å². The van der Waals surface area contributed by atoms with Crippen LogP contribution in [0.1, 0.15) is 6.92 Å². The van der Waals surface area contributed by atoms with Crippen LogP contribution in [0.4, 0.5) is 16.2 Å². The predicted molar refractivity (Wildman–Crippen MR) is 63.2 cm³/mol. The first kappa shape index (κ1) is 11.7. The topological polar surface area (TPSA) is 58.4 Å². The smallest absolute Gasteiger partial charge is 0.321 e. The maximum Gasteiger partial charge on any atom is 0.321 e. The maximum atomic E-state index is 11.5. The second kappa shape index (κ2) is 4.89. The summed E-state index contributed by atoms with van der Waals surface area (Å²) in [6.45, 7) is 2.55. The number of rotatable bonds is 2. The van der Waals surface area contributed by atoms with Crippen molar-refractivity contribution in [3.05, 3.63) is 23.2 Å². The number of nitrogens with two attached hydrogens (primary N) is 1. The van der Waals surface area contributed by atoms with Crippen molar-refractivity contribution in [2.75, 3.05) is 24.6 Å². The van der Waals surface area contributed by atoms with Crippen LogP contribution in [0, 0.1) is 0 Å². The number of carbonyl (C=O) groups excluding carboxylic acids is 1. The van der Waals surface area contributed by atoms with Gasteiger partial charge in [0.2, 0.25) is 0 Å². The van der Waals surface area contributed by atoms with Crippen molar-refractivity contribution in [2.45, 2.75) is 6.92 Å². The molecule has 82 valence electrons. The fourth-order valence-electron chi connectivity index (χ4n) is 0.967. The standard InChI is InChI=1S/C10H14ClN3O/c1-3-14(2)10(15)13-7-4-5-9(12)8(11)6-7/h4-6H,3,12H2,1-2H3,(H,13,15). The zero-order valence-corrected chi connectivity index (χ0v) is 9.51. The molecule has 1 aromatic rings. The molecule has 3 N–H and O–H groups in total. The molecular weight excluding hydrogens is 214 g/mol. The number of anilines is 2. The zero-order valence-electron chi connectivity index (χ0n) is 8.75. The van der Waals surface area contributed by atoms with Gasteiger partial charge in [0.1, 0.15) is 0 Å². The highest BCUT2D eigenvalue weighted by atomic mass is 35.5. The Morgan fingerprint density at radius 2 is 2.27 bits per heavy atom. The quantitative estimate of drug-likeness (QED) is 0.763. The van der Waals surface area contributed by atoms with Crippen LogP contribution in [-0.4, -0.2) is 24.5 Å². The third-order valence-corrected chi connectivity index (χ3v) is 2.40. The van der Waals surface area contributed by atoms with Gasteiger partial charge in [0, 0.05) is 19.3 Å². The SMILES string of the molecule is CCN(C)C(=O)Nc1ccc(N)c(Cl)c1. The van der Waals surface area contributed by atoms with E-state index in [1.807, 2.05) is 6.92 Å². The molecule has 0 unspecified atom stereocenters. The molecule has 0 saturated heterocycles. The molecule has 0 heterocycles. The minimum absolute atomic E-state index is 0.168. The maximum absolute atomic E-state index is 11.5. The van der Waals surface area contributed by atoms with E-state index in [0.717, 1.165) is 0 Å². The van der Waals surface area contributed by atoms with Crippen LogP contribution < -0.4 is 11.1 Å². The van der Waals surface area contributed by atoms with Crippen molar-refractivity contribution in [2.24, 2.45) is 0 Å². The lowest BCUT2D eigenvalue weighted by atomic mass is 10.3. The van der Waals surface area contributed by atoms with Crippen molar-refractivity contribution in [1.29, 1.82) is 0 Å². The second-order valence-electron chi connectivity index (χ2n) is 3.18. The molecule has 0 aliphatic heterocycles. The number of amides is 2. The summed E-state index contributed by atoms with van der Waals surface area (Å²) in [6, 6.07) is 4.82. The molecule has 0 fully saturated rings. The average molecular weight is 228 g/mol. The van der Waals surface area contributed by atoms with Crippen molar-refractivity contribution >= 4 is 29.0 Å². The Kier molecular flexibility index (Phi) is 3.80. The molecule has 0 aromatic heterocycles. The van der Waals surface area contributed by atoms with Gasteiger partial charge < -0.3 is 16.0 Å². The summed E-state index contributed by atoms with van der Waals surface area (Å²) in [5.74, 6) is 0. The third-order valence-electron chi connectivity index (χ3n) is 2.07. The average Bonchev–Trinajstić information content (AvgIpc) is 2.22. The van der Waals surface area contributed by atoms with E-state index >= 15 is 0 Å². The fraction of sp³-hybridized carbons (Fsp3) is 0.300. The molecule has 0 aliphatic carbocycles. The first-order chi connectivity index (χ1) is 7.04. The first-order valence-corrected chi connectivity index (χ1v) is 4.99. The van der Waals surface area contributed by atoms with Crippen LogP contribution >= 0.6 is 11.6 Å². The molecule has 0 bridgehead atoms. The van der Waals surface area contributed by atoms with Gasteiger partial charge in [-0.25, -0.2) is 4.79 Å². The number of nitrogens with zero attached hydrogens (tertiary/aromatic N) is 1. The summed E-state index contributed by atoms with van der Waals surface area (Å²) < 4.78 is 0. The molecule has 0 atom stereocenters. The number of hydrogen-bond acceptors (Lipinski definition) is 2. The van der Waals surface area contributed by atoms with E-state index in [1.165, 1.54) is 0 Å². The van der Waals surface area contributed by atoms with Gasteiger partial charge in [-0.3, -0.25) is 0 Å². The molecule has 4 nitrogen and oxygen atoms in total. The van der Waals surface area contributed by atoms with Gasteiger partial charge in [0.05, 0.1) is 10.7 Å². The highest BCUT2D eigenvalue weighted by Gasteiger charge is 2.06. The molecule has 1 aromatic carbocycles. The van der Waals surface area contributed by atoms with E-state index in [9.17, 15) is 4.79 Å². The van der Waals surface area contributed by atoms with Crippen molar-refractivity contribution in [3.8, 4) is 0 Å². The van der Waals surface area contributed by atoms with Crippen molar-refractivity contribution in [1.82, 2.24) is 4.90 Å². The summed E-state index contributed by atoms with van der Waals surface area (Å²) in [7, 11) is 1.72. The van der Waals surface area contributed by atoms with Crippen molar-refractivity contribution < 1.29 is 4.79 Å².